The van der Waals surface area contributed by atoms with Crippen molar-refractivity contribution in [3.8, 4) is 11.4 Å². The second-order valence-electron chi connectivity index (χ2n) is 7.08. The molecule has 120 valence electrons. The Labute approximate surface area is 138 Å². The zero-order valence-corrected chi connectivity index (χ0v) is 13.8. The summed E-state index contributed by atoms with van der Waals surface area (Å²) in [5, 5.41) is 0. The number of hydrogen-bond donors (Lipinski definition) is 0. The largest absolute Gasteiger partial charge is 0.356 e. The Kier molecular flexibility index (Phi) is 3.77. The van der Waals surface area contributed by atoms with Gasteiger partial charge in [0.25, 0.3) is 0 Å². The summed E-state index contributed by atoms with van der Waals surface area (Å²) in [6, 6.07) is 12.3. The first-order valence-electron chi connectivity index (χ1n) is 8.56. The third-order valence-corrected chi connectivity index (χ3v) is 5.48. The minimum absolute atomic E-state index is 0.504. The highest BCUT2D eigenvalue weighted by Gasteiger charge is 2.40. The van der Waals surface area contributed by atoms with Gasteiger partial charge in [0.05, 0.1) is 0 Å². The van der Waals surface area contributed by atoms with Gasteiger partial charge in [-0.15, -0.1) is 0 Å². The van der Waals surface area contributed by atoms with Crippen LogP contribution in [-0.4, -0.2) is 48.1 Å². The van der Waals surface area contributed by atoms with Gasteiger partial charge in [0, 0.05) is 24.8 Å². The topological polar surface area (TPSA) is 32.3 Å². The van der Waals surface area contributed by atoms with Crippen molar-refractivity contribution < 1.29 is 0 Å². The fourth-order valence-corrected chi connectivity index (χ4v) is 3.88. The van der Waals surface area contributed by atoms with Crippen LogP contribution >= 0.6 is 0 Å². The van der Waals surface area contributed by atoms with Crippen molar-refractivity contribution in [2.24, 2.45) is 5.41 Å². The number of piperidine rings is 1. The number of anilines is 1. The first-order valence-corrected chi connectivity index (χ1v) is 8.56. The van der Waals surface area contributed by atoms with Crippen LogP contribution in [0.1, 0.15) is 19.3 Å². The number of nitrogens with zero attached hydrogens (tertiary/aromatic N) is 4. The Hall–Kier alpha value is -1.94. The zero-order valence-electron chi connectivity index (χ0n) is 13.8. The number of hydrogen-bond acceptors (Lipinski definition) is 4. The molecule has 23 heavy (non-hydrogen) atoms. The highest BCUT2D eigenvalue weighted by molar-refractivity contribution is 5.57. The fraction of sp³-hybridized carbons (Fsp3) is 0.474. The van der Waals surface area contributed by atoms with Crippen LogP contribution in [0.2, 0.25) is 0 Å². The molecule has 4 rings (SSSR count). The van der Waals surface area contributed by atoms with E-state index < -0.39 is 0 Å². The molecule has 2 saturated heterocycles. The summed E-state index contributed by atoms with van der Waals surface area (Å²) in [5.41, 5.74) is 1.59. The fourth-order valence-electron chi connectivity index (χ4n) is 3.88. The van der Waals surface area contributed by atoms with Crippen LogP contribution in [0.15, 0.2) is 42.6 Å². The molecule has 0 N–H and O–H groups in total. The van der Waals surface area contributed by atoms with Crippen molar-refractivity contribution in [3.05, 3.63) is 42.6 Å². The van der Waals surface area contributed by atoms with E-state index in [4.69, 9.17) is 4.98 Å². The predicted octanol–water partition coefficient (Wildman–Crippen LogP) is 3.07. The van der Waals surface area contributed by atoms with E-state index in [2.05, 4.69) is 40.0 Å². The van der Waals surface area contributed by atoms with Gasteiger partial charge in [0.2, 0.25) is 0 Å². The molecule has 4 heteroatoms. The maximum absolute atomic E-state index is 4.82. The normalized spacial score (nSPS) is 21.0. The molecular weight excluding hydrogens is 284 g/mol. The van der Waals surface area contributed by atoms with Gasteiger partial charge < -0.3 is 9.80 Å². The highest BCUT2D eigenvalue weighted by Crippen LogP contribution is 2.41. The summed E-state index contributed by atoms with van der Waals surface area (Å²) in [6.07, 6.45) is 5.82. The van der Waals surface area contributed by atoms with E-state index in [-0.39, 0.29) is 0 Å². The van der Waals surface area contributed by atoms with Crippen LogP contribution in [0.5, 0.6) is 0 Å². The summed E-state index contributed by atoms with van der Waals surface area (Å²) in [6.45, 7) is 4.72. The number of rotatable bonds is 2. The summed E-state index contributed by atoms with van der Waals surface area (Å²) in [5.74, 6) is 1.90. The molecule has 0 saturated carbocycles. The molecule has 4 nitrogen and oxygen atoms in total. The second-order valence-corrected chi connectivity index (χ2v) is 7.08. The summed E-state index contributed by atoms with van der Waals surface area (Å²) >= 11 is 0. The Balaban J connectivity index is 1.53. The van der Waals surface area contributed by atoms with Crippen LogP contribution in [0, 0.1) is 5.41 Å². The molecule has 0 bridgehead atoms. The number of likely N-dealkylation sites (tertiary alicyclic amines) is 1. The maximum Gasteiger partial charge on any atom is 0.161 e. The van der Waals surface area contributed by atoms with Gasteiger partial charge in [0.1, 0.15) is 5.82 Å². The van der Waals surface area contributed by atoms with Crippen molar-refractivity contribution in [2.45, 2.75) is 19.3 Å². The lowest BCUT2D eigenvalue weighted by Gasteiger charge is -2.37. The van der Waals surface area contributed by atoms with Crippen molar-refractivity contribution >= 4 is 5.82 Å². The summed E-state index contributed by atoms with van der Waals surface area (Å²) < 4.78 is 0. The van der Waals surface area contributed by atoms with Crippen LogP contribution in [0.25, 0.3) is 11.4 Å². The maximum atomic E-state index is 4.82. The van der Waals surface area contributed by atoms with E-state index in [0.717, 1.165) is 30.3 Å². The van der Waals surface area contributed by atoms with E-state index in [0.29, 0.717) is 5.41 Å². The van der Waals surface area contributed by atoms with Crippen molar-refractivity contribution in [1.29, 1.82) is 0 Å². The smallest absolute Gasteiger partial charge is 0.161 e. The van der Waals surface area contributed by atoms with Crippen molar-refractivity contribution in [3.63, 3.8) is 0 Å². The molecule has 2 aliphatic heterocycles. The van der Waals surface area contributed by atoms with Gasteiger partial charge in [-0.05, 0) is 50.9 Å². The Morgan fingerprint density at radius 3 is 2.48 bits per heavy atom. The third kappa shape index (κ3) is 2.95. The quantitative estimate of drug-likeness (QED) is 0.853. The first-order chi connectivity index (χ1) is 11.2. The molecule has 1 spiro atoms. The van der Waals surface area contributed by atoms with Crippen LogP contribution in [-0.2, 0) is 0 Å². The monoisotopic (exact) mass is 308 g/mol. The van der Waals surface area contributed by atoms with Crippen LogP contribution in [0.3, 0.4) is 0 Å². The lowest BCUT2D eigenvalue weighted by atomic mass is 9.78. The van der Waals surface area contributed by atoms with E-state index in [1.807, 2.05) is 24.4 Å². The molecule has 0 amide bonds. The molecular formula is C19H24N4. The second kappa shape index (κ2) is 5.93. The Morgan fingerprint density at radius 1 is 0.957 bits per heavy atom. The summed E-state index contributed by atoms with van der Waals surface area (Å²) in [7, 11) is 2.23. The summed E-state index contributed by atoms with van der Waals surface area (Å²) in [4.78, 5) is 14.2. The number of aromatic nitrogens is 2. The zero-order chi connectivity index (χ0) is 15.7. The minimum atomic E-state index is 0.504. The van der Waals surface area contributed by atoms with E-state index in [1.54, 1.807) is 0 Å². The lowest BCUT2D eigenvalue weighted by Crippen LogP contribution is -2.39. The Morgan fingerprint density at radius 2 is 1.70 bits per heavy atom. The molecule has 3 heterocycles. The molecule has 2 aliphatic rings. The molecule has 1 aromatic carbocycles. The first kappa shape index (κ1) is 14.6. The predicted molar refractivity (Wildman–Crippen MR) is 93.5 cm³/mol. The molecule has 2 fully saturated rings. The van der Waals surface area contributed by atoms with E-state index in [1.165, 1.54) is 32.4 Å². The molecule has 2 aromatic rings. The molecule has 0 atom stereocenters. The van der Waals surface area contributed by atoms with Crippen LogP contribution < -0.4 is 4.90 Å². The average molecular weight is 308 g/mol. The Bertz CT molecular complexity index is 662. The van der Waals surface area contributed by atoms with Gasteiger partial charge >= 0.3 is 0 Å². The van der Waals surface area contributed by atoms with E-state index >= 15 is 0 Å². The van der Waals surface area contributed by atoms with Gasteiger partial charge in [-0.25, -0.2) is 9.97 Å². The average Bonchev–Trinajstić information content (AvgIpc) is 3.03. The van der Waals surface area contributed by atoms with Gasteiger partial charge in [0.15, 0.2) is 5.82 Å². The van der Waals surface area contributed by atoms with Crippen LogP contribution in [0.4, 0.5) is 5.82 Å². The molecule has 0 aliphatic carbocycles. The highest BCUT2D eigenvalue weighted by atomic mass is 15.2. The molecule has 0 unspecified atom stereocenters. The molecule has 1 aromatic heterocycles. The lowest BCUT2D eigenvalue weighted by molar-refractivity contribution is 0.142. The van der Waals surface area contributed by atoms with Crippen molar-refractivity contribution in [1.82, 2.24) is 14.9 Å². The van der Waals surface area contributed by atoms with Gasteiger partial charge in [-0.3, -0.25) is 0 Å². The van der Waals surface area contributed by atoms with Gasteiger partial charge in [-0.2, -0.15) is 0 Å². The van der Waals surface area contributed by atoms with Crippen molar-refractivity contribution in [2.75, 3.05) is 38.1 Å². The van der Waals surface area contributed by atoms with E-state index in [9.17, 15) is 0 Å². The third-order valence-electron chi connectivity index (χ3n) is 5.48. The SMILES string of the molecule is CN1CCC2(CC1)CCN(c1ccnc(-c3ccccc3)n1)C2. The minimum Gasteiger partial charge on any atom is -0.356 e. The molecule has 0 radical (unpaired) electrons. The van der Waals surface area contributed by atoms with Gasteiger partial charge in [-0.1, -0.05) is 30.3 Å². The number of benzene rings is 1. The standard InChI is InChI=1S/C19H24N4/c1-22-12-8-19(9-13-22)10-14-23(15-19)17-7-11-20-18(21-17)16-5-3-2-4-6-16/h2-7,11H,8-10,12-15H2,1H3.